The van der Waals surface area contributed by atoms with Gasteiger partial charge in [0.2, 0.25) is 0 Å². The van der Waals surface area contributed by atoms with E-state index in [2.05, 4.69) is 0 Å². The van der Waals surface area contributed by atoms with Crippen molar-refractivity contribution in [3.63, 3.8) is 0 Å². The molecule has 0 aromatic carbocycles. The largest absolute Gasteiger partial charge is 0.463 e. The van der Waals surface area contributed by atoms with E-state index in [1.807, 2.05) is 27.7 Å². The Kier molecular flexibility index (Phi) is 4.24. The number of rotatable bonds is 3. The van der Waals surface area contributed by atoms with Crippen molar-refractivity contribution >= 4 is 5.97 Å². The standard InChI is InChI=1S/C9H18O3/c1-7(9(2,3)4)8(11)12-6-5-10/h7,10H,5-6H2,1-4H3. The van der Waals surface area contributed by atoms with Gasteiger partial charge in [-0.2, -0.15) is 0 Å². The zero-order chi connectivity index (χ0) is 9.78. The molecule has 3 nitrogen and oxygen atoms in total. The van der Waals surface area contributed by atoms with E-state index < -0.39 is 0 Å². The molecule has 0 spiro atoms. The second kappa shape index (κ2) is 4.45. The Bertz CT molecular complexity index is 146. The Hall–Kier alpha value is -0.570. The summed E-state index contributed by atoms with van der Waals surface area (Å²) < 4.78 is 4.79. The third-order valence-electron chi connectivity index (χ3n) is 1.99. The highest BCUT2D eigenvalue weighted by molar-refractivity contribution is 5.72. The van der Waals surface area contributed by atoms with Crippen LogP contribution in [-0.2, 0) is 9.53 Å². The fraction of sp³-hybridized carbons (Fsp3) is 0.889. The number of aliphatic hydroxyl groups excluding tert-OH is 1. The van der Waals surface area contributed by atoms with Crippen molar-refractivity contribution in [3.05, 3.63) is 0 Å². The van der Waals surface area contributed by atoms with Crippen molar-refractivity contribution < 1.29 is 14.6 Å². The Balaban J connectivity index is 3.94. The Morgan fingerprint density at radius 1 is 1.50 bits per heavy atom. The van der Waals surface area contributed by atoms with Crippen LogP contribution in [0.4, 0.5) is 0 Å². The zero-order valence-corrected chi connectivity index (χ0v) is 8.26. The molecule has 0 aromatic heterocycles. The predicted octanol–water partition coefficient (Wildman–Crippen LogP) is 1.20. The molecular formula is C9H18O3. The molecule has 0 heterocycles. The molecule has 0 rings (SSSR count). The smallest absolute Gasteiger partial charge is 0.309 e. The van der Waals surface area contributed by atoms with E-state index in [9.17, 15) is 4.79 Å². The number of esters is 1. The van der Waals surface area contributed by atoms with E-state index in [1.165, 1.54) is 0 Å². The highest BCUT2D eigenvalue weighted by Crippen LogP contribution is 2.26. The van der Waals surface area contributed by atoms with E-state index in [0.717, 1.165) is 0 Å². The SMILES string of the molecule is CC(C(=O)OCCO)C(C)(C)C. The number of carbonyl (C=O) groups excluding carboxylic acids is 1. The second-order valence-electron chi connectivity index (χ2n) is 3.98. The molecule has 0 aromatic rings. The van der Waals surface area contributed by atoms with Crippen LogP contribution in [0.2, 0.25) is 0 Å². The third-order valence-corrected chi connectivity index (χ3v) is 1.99. The van der Waals surface area contributed by atoms with Gasteiger partial charge in [-0.05, 0) is 5.41 Å². The van der Waals surface area contributed by atoms with Crippen molar-refractivity contribution in [1.82, 2.24) is 0 Å². The molecule has 0 bridgehead atoms. The van der Waals surface area contributed by atoms with Gasteiger partial charge in [-0.1, -0.05) is 27.7 Å². The molecule has 0 aliphatic heterocycles. The molecule has 12 heavy (non-hydrogen) atoms. The van der Waals surface area contributed by atoms with Crippen LogP contribution in [0, 0.1) is 11.3 Å². The molecule has 0 aliphatic carbocycles. The summed E-state index contributed by atoms with van der Waals surface area (Å²) in [5.41, 5.74) is -0.0768. The maximum absolute atomic E-state index is 11.2. The fourth-order valence-electron chi connectivity index (χ4n) is 0.625. The molecule has 1 unspecified atom stereocenters. The minimum Gasteiger partial charge on any atom is -0.463 e. The monoisotopic (exact) mass is 174 g/mol. The van der Waals surface area contributed by atoms with Crippen LogP contribution in [-0.4, -0.2) is 24.3 Å². The molecule has 0 amide bonds. The van der Waals surface area contributed by atoms with Gasteiger partial charge in [0.05, 0.1) is 12.5 Å². The lowest BCUT2D eigenvalue weighted by atomic mass is 9.82. The lowest BCUT2D eigenvalue weighted by Crippen LogP contribution is -2.28. The van der Waals surface area contributed by atoms with Gasteiger partial charge in [0.15, 0.2) is 0 Å². The molecule has 72 valence electrons. The van der Waals surface area contributed by atoms with Gasteiger partial charge in [0.25, 0.3) is 0 Å². The minimum atomic E-state index is -0.239. The van der Waals surface area contributed by atoms with Gasteiger partial charge in [-0.3, -0.25) is 4.79 Å². The summed E-state index contributed by atoms with van der Waals surface area (Å²) in [5, 5.41) is 8.42. The molecule has 0 fully saturated rings. The van der Waals surface area contributed by atoms with Crippen molar-refractivity contribution in [2.75, 3.05) is 13.2 Å². The summed E-state index contributed by atoms with van der Waals surface area (Å²) in [6.07, 6.45) is 0. The Morgan fingerprint density at radius 2 is 2.00 bits per heavy atom. The topological polar surface area (TPSA) is 46.5 Å². The summed E-state index contributed by atoms with van der Waals surface area (Å²) in [6.45, 7) is 7.77. The van der Waals surface area contributed by atoms with Crippen molar-refractivity contribution in [3.8, 4) is 0 Å². The van der Waals surface area contributed by atoms with Gasteiger partial charge in [-0.25, -0.2) is 0 Å². The normalized spacial score (nSPS) is 14.1. The van der Waals surface area contributed by atoms with Crippen molar-refractivity contribution in [2.45, 2.75) is 27.7 Å². The highest BCUT2D eigenvalue weighted by atomic mass is 16.5. The molecule has 1 N–H and O–H groups in total. The first kappa shape index (κ1) is 11.4. The van der Waals surface area contributed by atoms with E-state index in [-0.39, 0.29) is 30.5 Å². The lowest BCUT2D eigenvalue weighted by molar-refractivity contribution is -0.152. The average Bonchev–Trinajstić information content (AvgIpc) is 1.97. The molecule has 0 aliphatic rings. The van der Waals surface area contributed by atoms with Crippen molar-refractivity contribution in [1.29, 1.82) is 0 Å². The summed E-state index contributed by atoms with van der Waals surface area (Å²) >= 11 is 0. The van der Waals surface area contributed by atoms with Crippen LogP contribution in [0.1, 0.15) is 27.7 Å². The van der Waals surface area contributed by atoms with Gasteiger partial charge in [-0.15, -0.1) is 0 Å². The minimum absolute atomic E-state index is 0.0768. The molecule has 0 saturated carbocycles. The number of hydrogen-bond donors (Lipinski definition) is 1. The number of ether oxygens (including phenoxy) is 1. The number of aliphatic hydroxyl groups is 1. The zero-order valence-electron chi connectivity index (χ0n) is 8.26. The second-order valence-corrected chi connectivity index (χ2v) is 3.98. The summed E-state index contributed by atoms with van der Waals surface area (Å²) in [7, 11) is 0. The quantitative estimate of drug-likeness (QED) is 0.654. The maximum Gasteiger partial charge on any atom is 0.309 e. The number of carbonyl (C=O) groups is 1. The summed E-state index contributed by atoms with van der Waals surface area (Å²) in [4.78, 5) is 11.2. The maximum atomic E-state index is 11.2. The van der Waals surface area contributed by atoms with Gasteiger partial charge >= 0.3 is 5.97 Å². The number of hydrogen-bond acceptors (Lipinski definition) is 3. The van der Waals surface area contributed by atoms with Gasteiger partial charge < -0.3 is 9.84 Å². The fourth-order valence-corrected chi connectivity index (χ4v) is 0.625. The first-order valence-corrected chi connectivity index (χ1v) is 4.17. The van der Waals surface area contributed by atoms with Crippen LogP contribution < -0.4 is 0 Å². The molecule has 0 radical (unpaired) electrons. The Morgan fingerprint density at radius 3 is 2.33 bits per heavy atom. The van der Waals surface area contributed by atoms with E-state index >= 15 is 0 Å². The van der Waals surface area contributed by atoms with E-state index in [0.29, 0.717) is 0 Å². The van der Waals surface area contributed by atoms with Gasteiger partial charge in [0.1, 0.15) is 6.61 Å². The summed E-state index contributed by atoms with van der Waals surface area (Å²) in [6, 6.07) is 0. The molecule has 3 heteroatoms. The molecule has 0 saturated heterocycles. The van der Waals surface area contributed by atoms with Crippen LogP contribution in [0.5, 0.6) is 0 Å². The first-order valence-electron chi connectivity index (χ1n) is 4.17. The summed E-state index contributed by atoms with van der Waals surface area (Å²) in [5.74, 6) is -0.374. The third kappa shape index (κ3) is 3.72. The van der Waals surface area contributed by atoms with E-state index in [4.69, 9.17) is 9.84 Å². The molecule has 1 atom stereocenters. The Labute approximate surface area is 73.7 Å². The predicted molar refractivity (Wildman–Crippen MR) is 46.7 cm³/mol. The van der Waals surface area contributed by atoms with Crippen LogP contribution in [0.25, 0.3) is 0 Å². The molecular weight excluding hydrogens is 156 g/mol. The van der Waals surface area contributed by atoms with Crippen LogP contribution in [0.3, 0.4) is 0 Å². The lowest BCUT2D eigenvalue weighted by Gasteiger charge is -2.24. The van der Waals surface area contributed by atoms with Crippen molar-refractivity contribution in [2.24, 2.45) is 11.3 Å². The van der Waals surface area contributed by atoms with E-state index in [1.54, 1.807) is 0 Å². The van der Waals surface area contributed by atoms with Gasteiger partial charge in [0, 0.05) is 0 Å². The van der Waals surface area contributed by atoms with Crippen LogP contribution >= 0.6 is 0 Å². The average molecular weight is 174 g/mol. The first-order chi connectivity index (χ1) is 5.39. The highest BCUT2D eigenvalue weighted by Gasteiger charge is 2.27. The van der Waals surface area contributed by atoms with Crippen LogP contribution in [0.15, 0.2) is 0 Å².